The van der Waals surface area contributed by atoms with Gasteiger partial charge in [-0.05, 0) is 38.3 Å². The number of rotatable bonds is 1. The van der Waals surface area contributed by atoms with E-state index in [1.165, 1.54) is 35.5 Å². The van der Waals surface area contributed by atoms with Gasteiger partial charge in [0.15, 0.2) is 0 Å². The van der Waals surface area contributed by atoms with Gasteiger partial charge in [0.2, 0.25) is 0 Å². The van der Waals surface area contributed by atoms with E-state index in [9.17, 15) is 0 Å². The van der Waals surface area contributed by atoms with Gasteiger partial charge < -0.3 is 5.73 Å². The second-order valence-electron chi connectivity index (χ2n) is 5.93. The van der Waals surface area contributed by atoms with Crippen molar-refractivity contribution in [1.29, 1.82) is 0 Å². The first-order valence-corrected chi connectivity index (χ1v) is 9.57. The number of fused-ring (bicyclic) bond motifs is 3. The summed E-state index contributed by atoms with van der Waals surface area (Å²) in [6, 6.07) is 0.301. The van der Waals surface area contributed by atoms with E-state index in [-0.39, 0.29) is 0 Å². The minimum absolute atomic E-state index is 0.301. The highest BCUT2D eigenvalue weighted by Gasteiger charge is 2.26. The molecule has 1 fully saturated rings. The van der Waals surface area contributed by atoms with Gasteiger partial charge in [-0.1, -0.05) is 0 Å². The SMILES string of the molecule is CN1CCSCC1c1nc(N)c2c3c(sc2n1)CCCC3. The summed E-state index contributed by atoms with van der Waals surface area (Å²) in [4.78, 5) is 14.5. The van der Waals surface area contributed by atoms with Gasteiger partial charge in [-0.3, -0.25) is 4.90 Å². The van der Waals surface area contributed by atoms with Crippen LogP contribution >= 0.6 is 23.1 Å². The van der Waals surface area contributed by atoms with Crippen molar-refractivity contribution in [3.63, 3.8) is 0 Å². The van der Waals surface area contributed by atoms with Crippen molar-refractivity contribution in [2.45, 2.75) is 31.7 Å². The normalized spacial score (nSPS) is 23.4. The Labute approximate surface area is 133 Å². The van der Waals surface area contributed by atoms with Crippen LogP contribution in [0.15, 0.2) is 0 Å². The average Bonchev–Trinajstić information content (AvgIpc) is 2.86. The zero-order chi connectivity index (χ0) is 14.4. The predicted molar refractivity (Wildman–Crippen MR) is 91.2 cm³/mol. The molecule has 1 unspecified atom stereocenters. The molecular weight excluding hydrogens is 300 g/mol. The average molecular weight is 320 g/mol. The third-order valence-electron chi connectivity index (χ3n) is 4.55. The van der Waals surface area contributed by atoms with Crippen LogP contribution in [0.5, 0.6) is 0 Å². The molecule has 1 aliphatic carbocycles. The largest absolute Gasteiger partial charge is 0.383 e. The zero-order valence-electron chi connectivity index (χ0n) is 12.3. The number of nitrogen functional groups attached to an aromatic ring is 1. The molecule has 112 valence electrons. The Balaban J connectivity index is 1.82. The van der Waals surface area contributed by atoms with Crippen molar-refractivity contribution in [1.82, 2.24) is 14.9 Å². The lowest BCUT2D eigenvalue weighted by Crippen LogP contribution is -2.33. The summed E-state index contributed by atoms with van der Waals surface area (Å²) >= 11 is 3.82. The van der Waals surface area contributed by atoms with Gasteiger partial charge in [-0.2, -0.15) is 11.8 Å². The fourth-order valence-electron chi connectivity index (χ4n) is 3.31. The maximum atomic E-state index is 6.31. The third-order valence-corrected chi connectivity index (χ3v) is 6.76. The maximum absolute atomic E-state index is 6.31. The fraction of sp³-hybridized carbons (Fsp3) is 0.600. The number of hydrogen-bond donors (Lipinski definition) is 1. The summed E-state index contributed by atoms with van der Waals surface area (Å²) < 4.78 is 0. The third kappa shape index (κ3) is 2.33. The molecular formula is C15H20N4S2. The lowest BCUT2D eigenvalue weighted by molar-refractivity contribution is 0.265. The molecule has 2 aromatic rings. The van der Waals surface area contributed by atoms with Crippen LogP contribution in [-0.4, -0.2) is 40.0 Å². The summed E-state index contributed by atoms with van der Waals surface area (Å²) in [7, 11) is 2.16. The molecule has 0 amide bonds. The molecule has 0 bridgehead atoms. The number of hydrogen-bond acceptors (Lipinski definition) is 6. The minimum atomic E-state index is 0.301. The summed E-state index contributed by atoms with van der Waals surface area (Å²) in [6.07, 6.45) is 4.88. The molecule has 0 aromatic carbocycles. The Morgan fingerprint density at radius 1 is 1.24 bits per heavy atom. The minimum Gasteiger partial charge on any atom is -0.383 e. The van der Waals surface area contributed by atoms with E-state index < -0.39 is 0 Å². The Bertz CT molecular complexity index is 682. The molecule has 4 rings (SSSR count). The standard InChI is InChI=1S/C15H20N4S2/c1-19-6-7-20-8-10(19)14-17-13(16)12-9-4-2-3-5-11(9)21-15(12)18-14/h10H,2-8H2,1H3,(H2,16,17,18). The molecule has 1 atom stereocenters. The van der Waals surface area contributed by atoms with Crippen LogP contribution in [0, 0.1) is 0 Å². The number of nitrogens with two attached hydrogens (primary N) is 1. The Morgan fingerprint density at radius 3 is 2.95 bits per heavy atom. The molecule has 2 aliphatic rings. The molecule has 0 radical (unpaired) electrons. The van der Waals surface area contributed by atoms with Gasteiger partial charge in [0, 0.05) is 22.9 Å². The Morgan fingerprint density at radius 2 is 2.10 bits per heavy atom. The van der Waals surface area contributed by atoms with Gasteiger partial charge in [0.25, 0.3) is 0 Å². The van der Waals surface area contributed by atoms with E-state index in [1.807, 2.05) is 23.1 Å². The number of aromatic nitrogens is 2. The first-order valence-electron chi connectivity index (χ1n) is 7.59. The molecule has 2 N–H and O–H groups in total. The van der Waals surface area contributed by atoms with Crippen molar-refractivity contribution in [3.8, 4) is 0 Å². The quantitative estimate of drug-likeness (QED) is 0.875. The van der Waals surface area contributed by atoms with E-state index in [0.717, 1.165) is 34.8 Å². The Kier molecular flexibility index (Phi) is 3.55. The van der Waals surface area contributed by atoms with Crippen LogP contribution in [0.2, 0.25) is 0 Å². The van der Waals surface area contributed by atoms with Crippen LogP contribution in [0.3, 0.4) is 0 Å². The molecule has 3 heterocycles. The van der Waals surface area contributed by atoms with Gasteiger partial charge in [0.05, 0.1) is 11.4 Å². The van der Waals surface area contributed by atoms with Gasteiger partial charge in [0.1, 0.15) is 16.5 Å². The lowest BCUT2D eigenvalue weighted by atomic mass is 9.97. The second kappa shape index (κ2) is 5.41. The van der Waals surface area contributed by atoms with Gasteiger partial charge in [-0.25, -0.2) is 9.97 Å². The summed E-state index contributed by atoms with van der Waals surface area (Å²) in [5.41, 5.74) is 7.74. The van der Waals surface area contributed by atoms with Gasteiger partial charge >= 0.3 is 0 Å². The van der Waals surface area contributed by atoms with Crippen molar-refractivity contribution >= 4 is 39.1 Å². The van der Waals surface area contributed by atoms with Gasteiger partial charge in [-0.15, -0.1) is 11.3 Å². The fourth-order valence-corrected chi connectivity index (χ4v) is 5.80. The molecule has 0 spiro atoms. The highest BCUT2D eigenvalue weighted by Crippen LogP contribution is 2.39. The van der Waals surface area contributed by atoms with Crippen molar-refractivity contribution in [2.75, 3.05) is 30.8 Å². The van der Waals surface area contributed by atoms with Crippen LogP contribution in [0.25, 0.3) is 10.2 Å². The summed E-state index contributed by atoms with van der Waals surface area (Å²) in [6.45, 7) is 1.09. The van der Waals surface area contributed by atoms with Crippen molar-refractivity contribution in [2.24, 2.45) is 0 Å². The summed E-state index contributed by atoms with van der Waals surface area (Å²) in [5, 5.41) is 1.14. The van der Waals surface area contributed by atoms with E-state index in [0.29, 0.717) is 11.9 Å². The molecule has 6 heteroatoms. The van der Waals surface area contributed by atoms with Crippen molar-refractivity contribution in [3.05, 3.63) is 16.3 Å². The molecule has 2 aromatic heterocycles. The van der Waals surface area contributed by atoms with E-state index in [4.69, 9.17) is 10.7 Å². The van der Waals surface area contributed by atoms with Crippen LogP contribution < -0.4 is 5.73 Å². The smallest absolute Gasteiger partial charge is 0.150 e. The predicted octanol–water partition coefficient (Wildman–Crippen LogP) is 2.87. The number of thiophene rings is 1. The van der Waals surface area contributed by atoms with E-state index >= 15 is 0 Å². The van der Waals surface area contributed by atoms with Crippen LogP contribution in [0.4, 0.5) is 5.82 Å². The highest BCUT2D eigenvalue weighted by molar-refractivity contribution is 7.99. The Hall–Kier alpha value is -0.850. The van der Waals surface area contributed by atoms with E-state index in [1.54, 1.807) is 0 Å². The molecule has 0 saturated carbocycles. The molecule has 1 saturated heterocycles. The first kappa shape index (κ1) is 13.8. The number of nitrogens with zero attached hydrogens (tertiary/aromatic N) is 3. The summed E-state index contributed by atoms with van der Waals surface area (Å²) in [5.74, 6) is 3.86. The van der Waals surface area contributed by atoms with E-state index in [2.05, 4.69) is 16.9 Å². The van der Waals surface area contributed by atoms with Crippen LogP contribution in [-0.2, 0) is 12.8 Å². The monoisotopic (exact) mass is 320 g/mol. The number of aryl methyl sites for hydroxylation is 2. The lowest BCUT2D eigenvalue weighted by Gasteiger charge is -2.30. The number of thioether (sulfide) groups is 1. The molecule has 4 nitrogen and oxygen atoms in total. The zero-order valence-corrected chi connectivity index (χ0v) is 13.9. The maximum Gasteiger partial charge on any atom is 0.150 e. The second-order valence-corrected chi connectivity index (χ2v) is 8.16. The first-order chi connectivity index (χ1) is 10.2. The van der Waals surface area contributed by atoms with Crippen molar-refractivity contribution < 1.29 is 0 Å². The topological polar surface area (TPSA) is 55.0 Å². The van der Waals surface area contributed by atoms with Crippen LogP contribution in [0.1, 0.15) is 35.1 Å². The highest BCUT2D eigenvalue weighted by atomic mass is 32.2. The molecule has 21 heavy (non-hydrogen) atoms. The molecule has 1 aliphatic heterocycles. The number of anilines is 1.